The number of nitrogens with zero attached hydrogens (tertiary/aromatic N) is 2. The quantitative estimate of drug-likeness (QED) is 0.672. The van der Waals surface area contributed by atoms with Gasteiger partial charge in [-0.05, 0) is 12.0 Å². The molecule has 4 nitrogen and oxygen atoms in total. The van der Waals surface area contributed by atoms with E-state index >= 15 is 0 Å². The maximum atomic E-state index is 10.7. The summed E-state index contributed by atoms with van der Waals surface area (Å²) in [6, 6.07) is 7.71. The Labute approximate surface area is 116 Å². The summed E-state index contributed by atoms with van der Waals surface area (Å²) in [5, 5.41) is 10.5. The highest BCUT2D eigenvalue weighted by atomic mass is 32.2. The number of hydrogen-bond acceptors (Lipinski definition) is 4. The Morgan fingerprint density at radius 1 is 1.32 bits per heavy atom. The van der Waals surface area contributed by atoms with Crippen LogP contribution >= 0.6 is 11.8 Å². The molecule has 0 bridgehead atoms. The monoisotopic (exact) mass is 276 g/mol. The lowest BCUT2D eigenvalue weighted by Gasteiger charge is -2.09. The molecule has 0 amide bonds. The number of rotatable bonds is 5. The highest BCUT2D eigenvalue weighted by Crippen LogP contribution is 2.25. The molecule has 0 spiro atoms. The predicted octanol–water partition coefficient (Wildman–Crippen LogP) is 3.01. The number of carbonyl (C=O) groups is 1. The first kappa shape index (κ1) is 13.8. The van der Waals surface area contributed by atoms with Gasteiger partial charge in [-0.3, -0.25) is 4.79 Å². The van der Waals surface area contributed by atoms with Crippen LogP contribution in [0.25, 0.3) is 10.9 Å². The molecule has 1 N–H and O–H groups in total. The number of carboxylic acids is 1. The Hall–Kier alpha value is -1.62. The number of fused-ring (bicyclic) bond motifs is 1. The van der Waals surface area contributed by atoms with E-state index in [-0.39, 0.29) is 5.75 Å². The largest absolute Gasteiger partial charge is 0.481 e. The summed E-state index contributed by atoms with van der Waals surface area (Å²) < 4.78 is 0. The number of aliphatic carboxylic acids is 1. The van der Waals surface area contributed by atoms with Crippen molar-refractivity contribution in [1.29, 1.82) is 0 Å². The van der Waals surface area contributed by atoms with Gasteiger partial charge in [0.15, 0.2) is 0 Å². The second-order valence-electron chi connectivity index (χ2n) is 4.74. The molecule has 0 saturated carbocycles. The maximum absolute atomic E-state index is 10.7. The molecule has 0 unspecified atom stereocenters. The summed E-state index contributed by atoms with van der Waals surface area (Å²) >= 11 is 1.25. The molecule has 1 aromatic carbocycles. The van der Waals surface area contributed by atoms with E-state index in [0.29, 0.717) is 5.92 Å². The van der Waals surface area contributed by atoms with Crippen LogP contribution in [0.3, 0.4) is 0 Å². The smallest absolute Gasteiger partial charge is 0.313 e. The van der Waals surface area contributed by atoms with Crippen LogP contribution in [-0.2, 0) is 11.2 Å². The van der Waals surface area contributed by atoms with E-state index in [9.17, 15) is 4.79 Å². The second-order valence-corrected chi connectivity index (χ2v) is 5.71. The topological polar surface area (TPSA) is 63.1 Å². The zero-order chi connectivity index (χ0) is 13.8. The summed E-state index contributed by atoms with van der Waals surface area (Å²) in [4.78, 5) is 19.7. The van der Waals surface area contributed by atoms with Crippen molar-refractivity contribution in [3.05, 3.63) is 30.1 Å². The minimum atomic E-state index is -0.835. The van der Waals surface area contributed by atoms with E-state index in [2.05, 4.69) is 23.8 Å². The molecule has 0 saturated heterocycles. The standard InChI is InChI=1S/C14H16N2O2S/c1-9(2)7-12-15-11-6-4-3-5-10(11)14(16-12)19-8-13(17)18/h3-6,9H,7-8H2,1-2H3,(H,17,18). The Balaban J connectivity index is 2.42. The van der Waals surface area contributed by atoms with Crippen LogP contribution in [0.2, 0.25) is 0 Å². The minimum Gasteiger partial charge on any atom is -0.481 e. The van der Waals surface area contributed by atoms with Crippen LogP contribution in [0.1, 0.15) is 19.7 Å². The Bertz CT molecular complexity index is 599. The van der Waals surface area contributed by atoms with Crippen molar-refractivity contribution in [1.82, 2.24) is 9.97 Å². The van der Waals surface area contributed by atoms with Gasteiger partial charge < -0.3 is 5.11 Å². The molecule has 1 heterocycles. The number of benzene rings is 1. The van der Waals surface area contributed by atoms with Gasteiger partial charge in [0, 0.05) is 11.8 Å². The highest BCUT2D eigenvalue weighted by molar-refractivity contribution is 8.00. The normalized spacial score (nSPS) is 11.1. The Morgan fingerprint density at radius 3 is 2.74 bits per heavy atom. The summed E-state index contributed by atoms with van der Waals surface area (Å²) in [6.45, 7) is 4.23. The van der Waals surface area contributed by atoms with E-state index < -0.39 is 5.97 Å². The van der Waals surface area contributed by atoms with Gasteiger partial charge in [0.2, 0.25) is 0 Å². The van der Waals surface area contributed by atoms with E-state index in [1.807, 2.05) is 24.3 Å². The SMILES string of the molecule is CC(C)Cc1nc(SCC(=O)O)c2ccccc2n1. The first-order valence-electron chi connectivity index (χ1n) is 6.16. The fourth-order valence-corrected chi connectivity index (χ4v) is 2.55. The molecular formula is C14H16N2O2S. The summed E-state index contributed by atoms with van der Waals surface area (Å²) in [6.07, 6.45) is 0.797. The van der Waals surface area contributed by atoms with Gasteiger partial charge in [-0.1, -0.05) is 43.8 Å². The molecule has 0 radical (unpaired) electrons. The van der Waals surface area contributed by atoms with Crippen LogP contribution < -0.4 is 0 Å². The molecule has 0 aliphatic rings. The van der Waals surface area contributed by atoms with E-state index in [1.165, 1.54) is 11.8 Å². The average molecular weight is 276 g/mol. The molecule has 19 heavy (non-hydrogen) atoms. The van der Waals surface area contributed by atoms with Gasteiger partial charge in [0.05, 0.1) is 11.3 Å². The Morgan fingerprint density at radius 2 is 2.05 bits per heavy atom. The molecule has 0 atom stereocenters. The van der Waals surface area contributed by atoms with E-state index in [0.717, 1.165) is 28.2 Å². The summed E-state index contributed by atoms with van der Waals surface area (Å²) in [5.41, 5.74) is 0.876. The van der Waals surface area contributed by atoms with Crippen molar-refractivity contribution in [2.75, 3.05) is 5.75 Å². The van der Waals surface area contributed by atoms with Gasteiger partial charge in [-0.15, -0.1) is 0 Å². The van der Waals surface area contributed by atoms with Crippen molar-refractivity contribution in [2.24, 2.45) is 5.92 Å². The molecule has 2 aromatic rings. The molecule has 100 valence electrons. The van der Waals surface area contributed by atoms with Crippen LogP contribution in [0.5, 0.6) is 0 Å². The van der Waals surface area contributed by atoms with Crippen molar-refractivity contribution in [3.8, 4) is 0 Å². The fourth-order valence-electron chi connectivity index (χ4n) is 1.79. The second kappa shape index (κ2) is 6.02. The van der Waals surface area contributed by atoms with Crippen LogP contribution in [0, 0.1) is 5.92 Å². The third-order valence-corrected chi connectivity index (χ3v) is 3.51. The highest BCUT2D eigenvalue weighted by Gasteiger charge is 2.10. The number of para-hydroxylation sites is 1. The molecule has 5 heteroatoms. The molecule has 0 aliphatic carbocycles. The fraction of sp³-hybridized carbons (Fsp3) is 0.357. The lowest BCUT2D eigenvalue weighted by Crippen LogP contribution is -2.04. The summed E-state index contributed by atoms with van der Waals surface area (Å²) in [5.74, 6) is 0.431. The minimum absolute atomic E-state index is 0.0160. The van der Waals surface area contributed by atoms with Gasteiger partial charge in [0.25, 0.3) is 0 Å². The molecular weight excluding hydrogens is 260 g/mol. The first-order chi connectivity index (χ1) is 9.06. The van der Waals surface area contributed by atoms with Crippen molar-refractivity contribution >= 4 is 28.6 Å². The number of carboxylic acid groups (broad SMARTS) is 1. The Kier molecular flexibility index (Phi) is 4.37. The van der Waals surface area contributed by atoms with E-state index in [1.54, 1.807) is 0 Å². The average Bonchev–Trinajstić information content (AvgIpc) is 2.35. The zero-order valence-electron chi connectivity index (χ0n) is 11.0. The van der Waals surface area contributed by atoms with Crippen molar-refractivity contribution in [3.63, 3.8) is 0 Å². The third kappa shape index (κ3) is 3.67. The van der Waals surface area contributed by atoms with E-state index in [4.69, 9.17) is 5.11 Å². The predicted molar refractivity (Wildman–Crippen MR) is 76.4 cm³/mol. The van der Waals surface area contributed by atoms with Gasteiger partial charge in [-0.2, -0.15) is 0 Å². The maximum Gasteiger partial charge on any atom is 0.313 e. The van der Waals surface area contributed by atoms with Crippen LogP contribution in [-0.4, -0.2) is 26.8 Å². The van der Waals surface area contributed by atoms with Gasteiger partial charge >= 0.3 is 5.97 Å². The van der Waals surface area contributed by atoms with Crippen molar-refractivity contribution < 1.29 is 9.90 Å². The first-order valence-corrected chi connectivity index (χ1v) is 7.15. The molecule has 0 fully saturated rings. The summed E-state index contributed by atoms with van der Waals surface area (Å²) in [7, 11) is 0. The molecule has 1 aromatic heterocycles. The number of hydrogen-bond donors (Lipinski definition) is 1. The van der Waals surface area contributed by atoms with Crippen LogP contribution in [0.15, 0.2) is 29.3 Å². The number of thioether (sulfide) groups is 1. The zero-order valence-corrected chi connectivity index (χ0v) is 11.8. The third-order valence-electron chi connectivity index (χ3n) is 2.54. The molecule has 0 aliphatic heterocycles. The number of aromatic nitrogens is 2. The lowest BCUT2D eigenvalue weighted by atomic mass is 10.1. The van der Waals surface area contributed by atoms with Crippen LogP contribution in [0.4, 0.5) is 0 Å². The molecule has 2 rings (SSSR count). The van der Waals surface area contributed by atoms with Gasteiger partial charge in [-0.25, -0.2) is 9.97 Å². The van der Waals surface area contributed by atoms with Gasteiger partial charge in [0.1, 0.15) is 10.9 Å². The lowest BCUT2D eigenvalue weighted by molar-refractivity contribution is -0.133. The van der Waals surface area contributed by atoms with Crippen molar-refractivity contribution in [2.45, 2.75) is 25.3 Å².